The van der Waals surface area contributed by atoms with E-state index in [9.17, 15) is 14.7 Å². The maximum Gasteiger partial charge on any atom is 0.321 e. The number of aliphatic carboxylic acids is 1. The van der Waals surface area contributed by atoms with E-state index in [-0.39, 0.29) is 18.0 Å². The van der Waals surface area contributed by atoms with Crippen LogP contribution in [-0.4, -0.2) is 23.0 Å². The van der Waals surface area contributed by atoms with Gasteiger partial charge in [0.15, 0.2) is 0 Å². The Kier molecular flexibility index (Phi) is 6.04. The minimum absolute atomic E-state index is 0.204. The monoisotopic (exact) mass is 356 g/mol. The summed E-state index contributed by atoms with van der Waals surface area (Å²) in [7, 11) is 0. The predicted octanol–water partition coefficient (Wildman–Crippen LogP) is 3.16. The first-order valence-electron chi connectivity index (χ1n) is 6.70. The van der Waals surface area contributed by atoms with E-state index in [1.54, 1.807) is 30.3 Å². The van der Waals surface area contributed by atoms with Gasteiger partial charge in [-0.05, 0) is 24.3 Å². The minimum atomic E-state index is -1.14. The first-order chi connectivity index (χ1) is 11.0. The second-order valence-corrected chi connectivity index (χ2v) is 5.49. The maximum atomic E-state index is 12.0. The van der Waals surface area contributed by atoms with E-state index in [2.05, 4.69) is 10.6 Å². The molecule has 1 aromatic carbocycles. The van der Waals surface area contributed by atoms with Crippen LogP contribution in [0.2, 0.25) is 10.0 Å². The molecule has 122 valence electrons. The molecule has 3 N–H and O–H groups in total. The molecule has 0 spiro atoms. The van der Waals surface area contributed by atoms with Gasteiger partial charge in [-0.3, -0.25) is 14.9 Å². The SMILES string of the molecule is O=C(C[C@@H](NCc1ccco1)C(=O)O)Nc1cccc(Cl)c1Cl. The molecule has 23 heavy (non-hydrogen) atoms. The number of hydrogen-bond acceptors (Lipinski definition) is 4. The summed E-state index contributed by atoms with van der Waals surface area (Å²) < 4.78 is 5.11. The van der Waals surface area contributed by atoms with E-state index in [4.69, 9.17) is 27.6 Å². The molecule has 0 fully saturated rings. The Morgan fingerprint density at radius 2 is 2.00 bits per heavy atom. The van der Waals surface area contributed by atoms with Crippen LogP contribution in [0.3, 0.4) is 0 Å². The summed E-state index contributed by atoms with van der Waals surface area (Å²) in [5.41, 5.74) is 0.333. The quantitative estimate of drug-likeness (QED) is 0.708. The molecular weight excluding hydrogens is 343 g/mol. The van der Waals surface area contributed by atoms with Crippen molar-refractivity contribution >= 4 is 40.8 Å². The Balaban J connectivity index is 1.95. The molecule has 0 saturated carbocycles. The smallest absolute Gasteiger partial charge is 0.321 e. The number of anilines is 1. The Labute approximate surface area is 142 Å². The molecule has 8 heteroatoms. The van der Waals surface area contributed by atoms with Gasteiger partial charge in [0.25, 0.3) is 0 Å². The molecule has 1 atom stereocenters. The summed E-state index contributed by atoms with van der Waals surface area (Å²) in [6.45, 7) is 0.204. The molecule has 1 amide bonds. The van der Waals surface area contributed by atoms with Gasteiger partial charge in [-0.1, -0.05) is 29.3 Å². The van der Waals surface area contributed by atoms with Gasteiger partial charge in [0, 0.05) is 0 Å². The number of furan rings is 1. The number of hydrogen-bond donors (Lipinski definition) is 3. The Morgan fingerprint density at radius 3 is 2.65 bits per heavy atom. The fourth-order valence-corrected chi connectivity index (χ4v) is 2.22. The van der Waals surface area contributed by atoms with Crippen molar-refractivity contribution in [2.75, 3.05) is 5.32 Å². The van der Waals surface area contributed by atoms with Crippen LogP contribution >= 0.6 is 23.2 Å². The maximum absolute atomic E-state index is 12.0. The van der Waals surface area contributed by atoms with Crippen LogP contribution in [-0.2, 0) is 16.1 Å². The van der Waals surface area contributed by atoms with Crippen molar-refractivity contribution in [1.29, 1.82) is 0 Å². The lowest BCUT2D eigenvalue weighted by Gasteiger charge is -2.14. The summed E-state index contributed by atoms with van der Waals surface area (Å²) in [6.07, 6.45) is 1.22. The largest absolute Gasteiger partial charge is 0.480 e. The van der Waals surface area contributed by atoms with Crippen molar-refractivity contribution < 1.29 is 19.1 Å². The summed E-state index contributed by atoms with van der Waals surface area (Å²) in [6, 6.07) is 7.15. The summed E-state index contributed by atoms with van der Waals surface area (Å²) in [5, 5.41) is 15.0. The van der Waals surface area contributed by atoms with Crippen LogP contribution < -0.4 is 10.6 Å². The number of carbonyl (C=O) groups is 2. The van der Waals surface area contributed by atoms with Gasteiger partial charge in [0.05, 0.1) is 35.0 Å². The number of nitrogens with one attached hydrogen (secondary N) is 2. The molecule has 0 saturated heterocycles. The molecule has 0 radical (unpaired) electrons. The summed E-state index contributed by atoms with van der Waals surface area (Å²) in [4.78, 5) is 23.3. The van der Waals surface area contributed by atoms with Crippen LogP contribution in [0, 0.1) is 0 Å². The number of benzene rings is 1. The Bertz CT molecular complexity index is 689. The van der Waals surface area contributed by atoms with E-state index in [1.807, 2.05) is 0 Å². The third-order valence-electron chi connectivity index (χ3n) is 3.02. The third-order valence-corrected chi connectivity index (χ3v) is 3.83. The molecule has 0 aliphatic rings. The van der Waals surface area contributed by atoms with Crippen molar-refractivity contribution in [1.82, 2.24) is 5.32 Å². The fourth-order valence-electron chi connectivity index (χ4n) is 1.87. The molecular formula is C15H14Cl2N2O4. The number of rotatable bonds is 7. The zero-order chi connectivity index (χ0) is 16.8. The lowest BCUT2D eigenvalue weighted by Crippen LogP contribution is -2.39. The molecule has 0 aliphatic carbocycles. The topological polar surface area (TPSA) is 91.6 Å². The zero-order valence-corrected chi connectivity index (χ0v) is 13.4. The van der Waals surface area contributed by atoms with Crippen molar-refractivity contribution in [3.8, 4) is 0 Å². The molecule has 6 nitrogen and oxygen atoms in total. The standard InChI is InChI=1S/C15H14Cl2N2O4/c16-10-4-1-5-11(14(10)17)19-13(20)7-12(15(21)22)18-8-9-3-2-6-23-9/h1-6,12,18H,7-8H2,(H,19,20)(H,21,22)/t12-/m1/s1. The molecule has 2 rings (SSSR count). The fraction of sp³-hybridized carbons (Fsp3) is 0.200. The Hall–Kier alpha value is -2.02. The van der Waals surface area contributed by atoms with Gasteiger partial charge >= 0.3 is 5.97 Å². The van der Waals surface area contributed by atoms with E-state index in [0.717, 1.165) is 0 Å². The van der Waals surface area contributed by atoms with E-state index < -0.39 is 17.9 Å². The highest BCUT2D eigenvalue weighted by Crippen LogP contribution is 2.29. The van der Waals surface area contributed by atoms with Crippen LogP contribution in [0.15, 0.2) is 41.0 Å². The van der Waals surface area contributed by atoms with Gasteiger partial charge in [0.1, 0.15) is 11.8 Å². The lowest BCUT2D eigenvalue weighted by molar-refractivity contribution is -0.141. The van der Waals surface area contributed by atoms with Crippen molar-refractivity contribution in [2.24, 2.45) is 0 Å². The first-order valence-corrected chi connectivity index (χ1v) is 7.45. The third kappa shape index (κ3) is 4.99. The van der Waals surface area contributed by atoms with E-state index >= 15 is 0 Å². The summed E-state index contributed by atoms with van der Waals surface area (Å²) >= 11 is 11.8. The summed E-state index contributed by atoms with van der Waals surface area (Å²) in [5.74, 6) is -1.05. The van der Waals surface area contributed by atoms with Gasteiger partial charge in [-0.25, -0.2) is 0 Å². The highest BCUT2D eigenvalue weighted by Gasteiger charge is 2.21. The number of carboxylic acid groups (broad SMARTS) is 1. The van der Waals surface area contributed by atoms with Crippen LogP contribution in [0.1, 0.15) is 12.2 Å². The van der Waals surface area contributed by atoms with Gasteiger partial charge in [0.2, 0.25) is 5.91 Å². The molecule has 1 heterocycles. The average molecular weight is 357 g/mol. The lowest BCUT2D eigenvalue weighted by atomic mass is 10.2. The minimum Gasteiger partial charge on any atom is -0.480 e. The van der Waals surface area contributed by atoms with Gasteiger partial charge in [-0.2, -0.15) is 0 Å². The first kappa shape index (κ1) is 17.3. The second-order valence-electron chi connectivity index (χ2n) is 4.70. The van der Waals surface area contributed by atoms with Gasteiger partial charge < -0.3 is 14.8 Å². The molecule has 0 bridgehead atoms. The van der Waals surface area contributed by atoms with Crippen molar-refractivity contribution in [3.05, 3.63) is 52.4 Å². The number of carboxylic acids is 1. The van der Waals surface area contributed by atoms with Crippen LogP contribution in [0.4, 0.5) is 5.69 Å². The van der Waals surface area contributed by atoms with Gasteiger partial charge in [-0.15, -0.1) is 0 Å². The van der Waals surface area contributed by atoms with Crippen molar-refractivity contribution in [2.45, 2.75) is 19.0 Å². The average Bonchev–Trinajstić information content (AvgIpc) is 3.01. The van der Waals surface area contributed by atoms with Crippen LogP contribution in [0.25, 0.3) is 0 Å². The van der Waals surface area contributed by atoms with Crippen LogP contribution in [0.5, 0.6) is 0 Å². The number of carbonyl (C=O) groups excluding carboxylic acids is 1. The second kappa shape index (κ2) is 8.01. The number of amides is 1. The van der Waals surface area contributed by atoms with Crippen molar-refractivity contribution in [3.63, 3.8) is 0 Å². The zero-order valence-electron chi connectivity index (χ0n) is 11.9. The van der Waals surface area contributed by atoms with E-state index in [1.165, 1.54) is 6.26 Å². The predicted molar refractivity (Wildman–Crippen MR) is 86.7 cm³/mol. The Morgan fingerprint density at radius 1 is 1.22 bits per heavy atom. The molecule has 0 aliphatic heterocycles. The highest BCUT2D eigenvalue weighted by atomic mass is 35.5. The molecule has 2 aromatic rings. The van der Waals surface area contributed by atoms with E-state index in [0.29, 0.717) is 16.5 Å². The molecule has 1 aromatic heterocycles. The number of halogens is 2. The molecule has 0 unspecified atom stereocenters. The normalized spacial score (nSPS) is 11.9. The highest BCUT2D eigenvalue weighted by molar-refractivity contribution is 6.43.